The van der Waals surface area contributed by atoms with Crippen molar-refractivity contribution >= 4 is 22.2 Å². The Hall–Kier alpha value is 0.160. The fraction of sp³-hybridized carbons (Fsp3) is 1.00. The van der Waals surface area contributed by atoms with Gasteiger partial charge in [-0.15, -0.1) is 12.4 Å². The smallest absolute Gasteiger partial charge is 0.151 e. The van der Waals surface area contributed by atoms with Gasteiger partial charge in [-0.25, -0.2) is 8.42 Å². The first kappa shape index (κ1) is 17.2. The minimum absolute atomic E-state index is 0. The van der Waals surface area contributed by atoms with Crippen molar-refractivity contribution in [2.45, 2.75) is 19.8 Å². The minimum Gasteiger partial charge on any atom is -0.319 e. The Morgan fingerprint density at radius 2 is 2.12 bits per heavy atom. The van der Waals surface area contributed by atoms with Crippen LogP contribution in [0, 0.1) is 5.92 Å². The van der Waals surface area contributed by atoms with Crippen molar-refractivity contribution in [3.8, 4) is 0 Å². The van der Waals surface area contributed by atoms with Gasteiger partial charge in [-0.05, 0) is 38.9 Å². The van der Waals surface area contributed by atoms with Crippen LogP contribution < -0.4 is 5.32 Å². The lowest BCUT2D eigenvalue weighted by atomic mass is 9.98. The van der Waals surface area contributed by atoms with E-state index in [1.54, 1.807) is 6.92 Å². The van der Waals surface area contributed by atoms with E-state index >= 15 is 0 Å². The molecule has 0 aromatic heterocycles. The lowest BCUT2D eigenvalue weighted by Gasteiger charge is -2.32. The highest BCUT2D eigenvalue weighted by Crippen LogP contribution is 2.15. The van der Waals surface area contributed by atoms with Gasteiger partial charge in [0.05, 0.1) is 5.75 Å². The fourth-order valence-electron chi connectivity index (χ4n) is 2.22. The molecule has 0 saturated carbocycles. The fourth-order valence-corrected chi connectivity index (χ4v) is 3.05. The molecule has 1 unspecified atom stereocenters. The molecule has 1 N–H and O–H groups in total. The standard InChI is InChI=1S/C11H24N2O2S.ClH/c1-3-16(14,15)8-7-13-6-4-5-11(10-13)9-12-2;/h11-12H,3-10H2,1-2H3;1H. The number of hydrogen-bond donors (Lipinski definition) is 1. The van der Waals surface area contributed by atoms with Crippen molar-refractivity contribution in [1.82, 2.24) is 10.2 Å². The summed E-state index contributed by atoms with van der Waals surface area (Å²) in [5.74, 6) is 1.26. The molecule has 1 aliphatic rings. The third-order valence-electron chi connectivity index (χ3n) is 3.25. The van der Waals surface area contributed by atoms with Gasteiger partial charge in [0.1, 0.15) is 0 Å². The highest BCUT2D eigenvalue weighted by atomic mass is 35.5. The third-order valence-corrected chi connectivity index (χ3v) is 4.94. The Labute approximate surface area is 111 Å². The summed E-state index contributed by atoms with van der Waals surface area (Å²) in [6.45, 7) is 5.56. The van der Waals surface area contributed by atoms with Crippen LogP contribution in [0.1, 0.15) is 19.8 Å². The van der Waals surface area contributed by atoms with E-state index in [1.165, 1.54) is 12.8 Å². The maximum atomic E-state index is 11.4. The second kappa shape index (κ2) is 8.29. The molecule has 0 aromatic rings. The molecule has 17 heavy (non-hydrogen) atoms. The lowest BCUT2D eigenvalue weighted by Crippen LogP contribution is -2.41. The first-order valence-corrected chi connectivity index (χ1v) is 7.97. The number of halogens is 1. The molecule has 0 amide bonds. The quantitative estimate of drug-likeness (QED) is 0.783. The molecule has 1 saturated heterocycles. The molecule has 0 spiro atoms. The van der Waals surface area contributed by atoms with Gasteiger partial charge in [-0.1, -0.05) is 6.92 Å². The maximum absolute atomic E-state index is 11.4. The zero-order chi connectivity index (χ0) is 12.0. The van der Waals surface area contributed by atoms with E-state index in [0.717, 1.165) is 19.6 Å². The van der Waals surface area contributed by atoms with Crippen LogP contribution in [0.3, 0.4) is 0 Å². The van der Waals surface area contributed by atoms with E-state index < -0.39 is 9.84 Å². The lowest BCUT2D eigenvalue weighted by molar-refractivity contribution is 0.182. The molecule has 104 valence electrons. The van der Waals surface area contributed by atoms with Crippen LogP contribution in [0.2, 0.25) is 0 Å². The van der Waals surface area contributed by atoms with Crippen molar-refractivity contribution in [2.75, 3.05) is 44.7 Å². The Morgan fingerprint density at radius 1 is 1.41 bits per heavy atom. The average molecular weight is 285 g/mol. The topological polar surface area (TPSA) is 49.4 Å². The van der Waals surface area contributed by atoms with Crippen LogP contribution in [0.4, 0.5) is 0 Å². The predicted octanol–water partition coefficient (Wildman–Crippen LogP) is 0.774. The van der Waals surface area contributed by atoms with Gasteiger partial charge in [-0.2, -0.15) is 0 Å². The summed E-state index contributed by atoms with van der Waals surface area (Å²) >= 11 is 0. The van der Waals surface area contributed by atoms with Gasteiger partial charge >= 0.3 is 0 Å². The number of nitrogens with zero attached hydrogens (tertiary/aromatic N) is 1. The van der Waals surface area contributed by atoms with Gasteiger partial charge < -0.3 is 10.2 Å². The number of piperidine rings is 1. The van der Waals surface area contributed by atoms with Crippen LogP contribution in [0.5, 0.6) is 0 Å². The predicted molar refractivity (Wildman–Crippen MR) is 74.7 cm³/mol. The van der Waals surface area contributed by atoms with E-state index in [4.69, 9.17) is 0 Å². The second-order valence-electron chi connectivity index (χ2n) is 4.60. The summed E-state index contributed by atoms with van der Waals surface area (Å²) in [4.78, 5) is 2.29. The number of likely N-dealkylation sites (tertiary alicyclic amines) is 1. The van der Waals surface area contributed by atoms with Crippen molar-refractivity contribution in [3.63, 3.8) is 0 Å². The average Bonchev–Trinajstić information content (AvgIpc) is 2.28. The molecule has 0 aromatic carbocycles. The Kier molecular flexibility index (Phi) is 8.37. The molecule has 6 heteroatoms. The molecule has 0 bridgehead atoms. The summed E-state index contributed by atoms with van der Waals surface area (Å²) < 4.78 is 22.8. The molecule has 1 fully saturated rings. The van der Waals surface area contributed by atoms with Crippen molar-refractivity contribution < 1.29 is 8.42 Å². The Bertz CT molecular complexity index is 294. The molecule has 0 radical (unpaired) electrons. The molecular weight excluding hydrogens is 260 g/mol. The summed E-state index contributed by atoms with van der Waals surface area (Å²) in [6.07, 6.45) is 2.45. The number of nitrogens with one attached hydrogen (secondary N) is 1. The zero-order valence-corrected chi connectivity index (χ0v) is 12.4. The van der Waals surface area contributed by atoms with E-state index in [2.05, 4.69) is 10.2 Å². The molecular formula is C11H25ClN2O2S. The molecule has 4 nitrogen and oxygen atoms in total. The summed E-state index contributed by atoms with van der Waals surface area (Å²) in [7, 11) is -0.833. The SMILES string of the molecule is CCS(=O)(=O)CCN1CCCC(CNC)C1.Cl. The van der Waals surface area contributed by atoms with Crippen LogP contribution in [-0.4, -0.2) is 58.1 Å². The van der Waals surface area contributed by atoms with Crippen LogP contribution in [-0.2, 0) is 9.84 Å². The third kappa shape index (κ3) is 6.60. The Balaban J connectivity index is 0.00000256. The Morgan fingerprint density at radius 3 is 2.71 bits per heavy atom. The summed E-state index contributed by atoms with van der Waals surface area (Å²) in [5, 5.41) is 3.20. The zero-order valence-electron chi connectivity index (χ0n) is 10.8. The number of rotatable bonds is 6. The van der Waals surface area contributed by atoms with E-state index in [0.29, 0.717) is 18.2 Å². The van der Waals surface area contributed by atoms with Gasteiger partial charge in [0.25, 0.3) is 0 Å². The van der Waals surface area contributed by atoms with Gasteiger partial charge in [-0.3, -0.25) is 0 Å². The first-order valence-electron chi connectivity index (χ1n) is 6.14. The molecule has 1 rings (SSSR count). The van der Waals surface area contributed by atoms with Crippen molar-refractivity contribution in [3.05, 3.63) is 0 Å². The highest BCUT2D eigenvalue weighted by Gasteiger charge is 2.20. The monoisotopic (exact) mass is 284 g/mol. The van der Waals surface area contributed by atoms with E-state index in [1.807, 2.05) is 7.05 Å². The number of sulfone groups is 1. The van der Waals surface area contributed by atoms with Gasteiger partial charge in [0.15, 0.2) is 9.84 Å². The van der Waals surface area contributed by atoms with E-state index in [9.17, 15) is 8.42 Å². The molecule has 0 aliphatic carbocycles. The maximum Gasteiger partial charge on any atom is 0.151 e. The van der Waals surface area contributed by atoms with E-state index in [-0.39, 0.29) is 18.2 Å². The first-order chi connectivity index (χ1) is 7.57. The molecule has 1 heterocycles. The van der Waals surface area contributed by atoms with Crippen LogP contribution >= 0.6 is 12.4 Å². The number of hydrogen-bond acceptors (Lipinski definition) is 4. The van der Waals surface area contributed by atoms with Crippen molar-refractivity contribution in [2.24, 2.45) is 5.92 Å². The van der Waals surface area contributed by atoms with Gasteiger partial charge in [0.2, 0.25) is 0 Å². The van der Waals surface area contributed by atoms with Crippen LogP contribution in [0.25, 0.3) is 0 Å². The highest BCUT2D eigenvalue weighted by molar-refractivity contribution is 7.91. The summed E-state index contributed by atoms with van der Waals surface area (Å²) in [5.41, 5.74) is 0. The van der Waals surface area contributed by atoms with Crippen LogP contribution in [0.15, 0.2) is 0 Å². The summed E-state index contributed by atoms with van der Waals surface area (Å²) in [6, 6.07) is 0. The minimum atomic E-state index is -2.81. The molecule has 1 atom stereocenters. The van der Waals surface area contributed by atoms with Crippen molar-refractivity contribution in [1.29, 1.82) is 0 Å². The molecule has 1 aliphatic heterocycles. The van der Waals surface area contributed by atoms with Gasteiger partial charge in [0, 0.05) is 18.8 Å². The second-order valence-corrected chi connectivity index (χ2v) is 7.08. The normalized spacial score (nSPS) is 22.1. The largest absolute Gasteiger partial charge is 0.319 e.